The van der Waals surface area contributed by atoms with Crippen molar-refractivity contribution in [2.45, 2.75) is 32.2 Å². The molecule has 0 aliphatic carbocycles. The van der Waals surface area contributed by atoms with Gasteiger partial charge in [0.25, 0.3) is 0 Å². The first-order valence-corrected chi connectivity index (χ1v) is 7.50. The second kappa shape index (κ2) is 6.03. The fourth-order valence-corrected chi connectivity index (χ4v) is 2.37. The molecule has 0 spiro atoms. The van der Waals surface area contributed by atoms with Gasteiger partial charge in [-0.2, -0.15) is 13.2 Å². The van der Waals surface area contributed by atoms with Crippen LogP contribution in [0.5, 0.6) is 11.5 Å². The summed E-state index contributed by atoms with van der Waals surface area (Å²) >= 11 is 0. The van der Waals surface area contributed by atoms with Crippen molar-refractivity contribution in [2.75, 3.05) is 0 Å². The number of aromatic nitrogens is 3. The van der Waals surface area contributed by atoms with Gasteiger partial charge in [-0.25, -0.2) is 9.97 Å². The van der Waals surface area contributed by atoms with Crippen molar-refractivity contribution < 1.29 is 23.0 Å². The van der Waals surface area contributed by atoms with Crippen molar-refractivity contribution in [1.82, 2.24) is 14.5 Å². The van der Waals surface area contributed by atoms with Gasteiger partial charge >= 0.3 is 6.18 Å². The highest BCUT2D eigenvalue weighted by molar-refractivity contribution is 5.72. The number of aliphatic hydroxyl groups is 1. The number of pyridine rings is 1. The van der Waals surface area contributed by atoms with E-state index < -0.39 is 17.3 Å². The quantitative estimate of drug-likeness (QED) is 0.771. The zero-order chi connectivity index (χ0) is 18.2. The van der Waals surface area contributed by atoms with Crippen LogP contribution in [0.4, 0.5) is 13.2 Å². The standard InChI is InChI=1S/C17H16F3N3O2/c1-16(2,24)9-23-10-22-15-14(23)7-13(8-21-15)25-12-5-3-11(4-6-12)17(18,19)20/h3-8,10,24H,9H2,1-2H3. The van der Waals surface area contributed by atoms with Gasteiger partial charge in [0.05, 0.1) is 35.8 Å². The molecule has 2 aromatic heterocycles. The van der Waals surface area contributed by atoms with Crippen LogP contribution in [0, 0.1) is 0 Å². The van der Waals surface area contributed by atoms with E-state index in [9.17, 15) is 18.3 Å². The van der Waals surface area contributed by atoms with Crippen LogP contribution in [-0.2, 0) is 12.7 Å². The summed E-state index contributed by atoms with van der Waals surface area (Å²) in [6.07, 6.45) is -1.37. The highest BCUT2D eigenvalue weighted by atomic mass is 19.4. The van der Waals surface area contributed by atoms with Crippen molar-refractivity contribution in [3.63, 3.8) is 0 Å². The Balaban J connectivity index is 1.85. The summed E-state index contributed by atoms with van der Waals surface area (Å²) in [5, 5.41) is 9.95. The third kappa shape index (κ3) is 4.08. The molecule has 0 radical (unpaired) electrons. The molecule has 2 heterocycles. The maximum Gasteiger partial charge on any atom is 0.416 e. The molecule has 0 saturated carbocycles. The van der Waals surface area contributed by atoms with Gasteiger partial charge in [0.2, 0.25) is 0 Å². The first-order chi connectivity index (χ1) is 11.6. The van der Waals surface area contributed by atoms with Gasteiger partial charge in [0.1, 0.15) is 11.5 Å². The third-order valence-corrected chi connectivity index (χ3v) is 3.43. The molecule has 8 heteroatoms. The second-order valence-electron chi connectivity index (χ2n) is 6.32. The van der Waals surface area contributed by atoms with E-state index in [0.717, 1.165) is 12.1 Å². The van der Waals surface area contributed by atoms with E-state index in [-0.39, 0.29) is 5.75 Å². The van der Waals surface area contributed by atoms with E-state index in [0.29, 0.717) is 23.5 Å². The molecule has 1 N–H and O–H groups in total. The van der Waals surface area contributed by atoms with E-state index in [1.165, 1.54) is 18.3 Å². The fourth-order valence-electron chi connectivity index (χ4n) is 2.37. The van der Waals surface area contributed by atoms with E-state index in [2.05, 4.69) is 9.97 Å². The van der Waals surface area contributed by atoms with Crippen LogP contribution in [0.3, 0.4) is 0 Å². The maximum atomic E-state index is 12.6. The number of halogens is 3. The van der Waals surface area contributed by atoms with E-state index in [1.54, 1.807) is 30.8 Å². The molecule has 0 aliphatic rings. The monoisotopic (exact) mass is 351 g/mol. The molecule has 3 rings (SSSR count). The van der Waals surface area contributed by atoms with Gasteiger partial charge in [-0.3, -0.25) is 0 Å². The number of rotatable bonds is 4. The Morgan fingerprint density at radius 2 is 1.76 bits per heavy atom. The summed E-state index contributed by atoms with van der Waals surface area (Å²) in [6.45, 7) is 3.67. The Labute approximate surface area is 141 Å². The predicted octanol–water partition coefficient (Wildman–Crippen LogP) is 4.01. The Morgan fingerprint density at radius 3 is 2.36 bits per heavy atom. The minimum Gasteiger partial charge on any atom is -0.456 e. The number of hydrogen-bond donors (Lipinski definition) is 1. The molecule has 0 amide bonds. The first kappa shape index (κ1) is 17.2. The van der Waals surface area contributed by atoms with E-state index >= 15 is 0 Å². The van der Waals surface area contributed by atoms with Crippen LogP contribution < -0.4 is 4.74 Å². The summed E-state index contributed by atoms with van der Waals surface area (Å²) in [5.41, 5.74) is -0.523. The fraction of sp³-hybridized carbons (Fsp3) is 0.294. The van der Waals surface area contributed by atoms with Crippen LogP contribution in [0.2, 0.25) is 0 Å². The number of hydrogen-bond acceptors (Lipinski definition) is 4. The number of benzene rings is 1. The van der Waals surface area contributed by atoms with Crippen LogP contribution >= 0.6 is 0 Å². The molecule has 132 valence electrons. The summed E-state index contributed by atoms with van der Waals surface area (Å²) in [6, 6.07) is 6.10. The van der Waals surface area contributed by atoms with Crippen molar-refractivity contribution in [2.24, 2.45) is 0 Å². The van der Waals surface area contributed by atoms with Gasteiger partial charge in [-0.05, 0) is 38.1 Å². The minimum atomic E-state index is -4.39. The molecular formula is C17H16F3N3O2. The van der Waals surface area contributed by atoms with Gasteiger partial charge in [0, 0.05) is 6.07 Å². The normalized spacial score (nSPS) is 12.6. The van der Waals surface area contributed by atoms with Crippen LogP contribution in [-0.4, -0.2) is 25.2 Å². The summed E-state index contributed by atoms with van der Waals surface area (Å²) < 4.78 is 45.1. The molecular weight excluding hydrogens is 335 g/mol. The average molecular weight is 351 g/mol. The summed E-state index contributed by atoms with van der Waals surface area (Å²) in [7, 11) is 0. The zero-order valence-electron chi connectivity index (χ0n) is 13.6. The molecule has 0 fully saturated rings. The number of nitrogens with zero attached hydrogens (tertiary/aromatic N) is 3. The summed E-state index contributed by atoms with van der Waals surface area (Å²) in [5.74, 6) is 0.632. The average Bonchev–Trinajstić information content (AvgIpc) is 2.88. The lowest BCUT2D eigenvalue weighted by Gasteiger charge is -2.18. The van der Waals surface area contributed by atoms with Crippen molar-refractivity contribution in [3.8, 4) is 11.5 Å². The van der Waals surface area contributed by atoms with Crippen LogP contribution in [0.1, 0.15) is 19.4 Å². The lowest BCUT2D eigenvalue weighted by Crippen LogP contribution is -2.25. The SMILES string of the molecule is CC(C)(O)Cn1cnc2ncc(Oc3ccc(C(F)(F)F)cc3)cc21. The van der Waals surface area contributed by atoms with Gasteiger partial charge in [-0.15, -0.1) is 0 Å². The van der Waals surface area contributed by atoms with E-state index in [4.69, 9.17) is 4.74 Å². The highest BCUT2D eigenvalue weighted by Crippen LogP contribution is 2.31. The van der Waals surface area contributed by atoms with Gasteiger partial charge in [0.15, 0.2) is 5.65 Å². The molecule has 0 saturated heterocycles. The second-order valence-corrected chi connectivity index (χ2v) is 6.32. The van der Waals surface area contributed by atoms with Crippen LogP contribution in [0.15, 0.2) is 42.9 Å². The predicted molar refractivity (Wildman–Crippen MR) is 85.3 cm³/mol. The molecule has 5 nitrogen and oxygen atoms in total. The van der Waals surface area contributed by atoms with E-state index in [1.807, 2.05) is 0 Å². The first-order valence-electron chi connectivity index (χ1n) is 7.50. The molecule has 0 unspecified atom stereocenters. The molecule has 0 bridgehead atoms. The number of fused-ring (bicyclic) bond motifs is 1. The number of ether oxygens (including phenoxy) is 1. The minimum absolute atomic E-state index is 0.266. The largest absolute Gasteiger partial charge is 0.456 e. The molecule has 0 atom stereocenters. The Morgan fingerprint density at radius 1 is 1.08 bits per heavy atom. The summed E-state index contributed by atoms with van der Waals surface area (Å²) in [4.78, 5) is 8.32. The van der Waals surface area contributed by atoms with Crippen molar-refractivity contribution in [3.05, 3.63) is 48.4 Å². The Hall–Kier alpha value is -2.61. The maximum absolute atomic E-state index is 12.6. The Kier molecular flexibility index (Phi) is 4.16. The topological polar surface area (TPSA) is 60.2 Å². The van der Waals surface area contributed by atoms with Gasteiger partial charge in [-0.1, -0.05) is 0 Å². The molecule has 3 aromatic rings. The van der Waals surface area contributed by atoms with Crippen molar-refractivity contribution in [1.29, 1.82) is 0 Å². The third-order valence-electron chi connectivity index (χ3n) is 3.43. The lowest BCUT2D eigenvalue weighted by atomic mass is 10.1. The number of imidazole rings is 1. The molecule has 1 aromatic carbocycles. The zero-order valence-corrected chi connectivity index (χ0v) is 13.6. The highest BCUT2D eigenvalue weighted by Gasteiger charge is 2.30. The molecule has 25 heavy (non-hydrogen) atoms. The Bertz CT molecular complexity index is 881. The number of alkyl halides is 3. The smallest absolute Gasteiger partial charge is 0.416 e. The lowest BCUT2D eigenvalue weighted by molar-refractivity contribution is -0.137. The van der Waals surface area contributed by atoms with Gasteiger partial charge < -0.3 is 14.4 Å². The van der Waals surface area contributed by atoms with Crippen LogP contribution in [0.25, 0.3) is 11.2 Å². The molecule has 0 aliphatic heterocycles. The van der Waals surface area contributed by atoms with Crippen molar-refractivity contribution >= 4 is 11.2 Å².